The van der Waals surface area contributed by atoms with Crippen molar-refractivity contribution in [3.8, 4) is 0 Å². The van der Waals surface area contributed by atoms with Crippen LogP contribution in [0.4, 0.5) is 0 Å². The summed E-state index contributed by atoms with van der Waals surface area (Å²) in [6.45, 7) is 5.41. The standard InChI is InChI=1S/C20H19NO3/c1-12-8-9-13(2)16(10-12)19(22)14(3)24-20(23)17-11-21-18-7-5-4-6-15(17)18/h4-11,14,21H,1-3H3/t14-/m1/s1. The summed E-state index contributed by atoms with van der Waals surface area (Å²) in [7, 11) is 0. The second kappa shape index (κ2) is 6.32. The van der Waals surface area contributed by atoms with Crippen molar-refractivity contribution in [1.29, 1.82) is 0 Å². The minimum Gasteiger partial charge on any atom is -0.451 e. The molecule has 0 aliphatic carbocycles. The second-order valence-electron chi connectivity index (χ2n) is 5.98. The van der Waals surface area contributed by atoms with Gasteiger partial charge in [-0.1, -0.05) is 35.9 Å². The number of para-hydroxylation sites is 1. The van der Waals surface area contributed by atoms with Gasteiger partial charge in [0.1, 0.15) is 0 Å². The molecule has 1 aromatic heterocycles. The van der Waals surface area contributed by atoms with Crippen LogP contribution in [0.1, 0.15) is 38.8 Å². The number of ether oxygens (including phenoxy) is 1. The van der Waals surface area contributed by atoms with E-state index in [1.165, 1.54) is 0 Å². The van der Waals surface area contributed by atoms with E-state index in [-0.39, 0.29) is 5.78 Å². The van der Waals surface area contributed by atoms with Crippen molar-refractivity contribution in [2.45, 2.75) is 26.9 Å². The molecule has 0 spiro atoms. The van der Waals surface area contributed by atoms with Crippen molar-refractivity contribution in [3.63, 3.8) is 0 Å². The summed E-state index contributed by atoms with van der Waals surface area (Å²) >= 11 is 0. The van der Waals surface area contributed by atoms with Crippen LogP contribution in [-0.2, 0) is 4.74 Å². The number of Topliss-reactive ketones (excluding diaryl/α,β-unsaturated/α-hetero) is 1. The van der Waals surface area contributed by atoms with E-state index in [2.05, 4.69) is 4.98 Å². The highest BCUT2D eigenvalue weighted by atomic mass is 16.5. The maximum atomic E-state index is 12.6. The van der Waals surface area contributed by atoms with Gasteiger partial charge >= 0.3 is 5.97 Å². The van der Waals surface area contributed by atoms with E-state index in [0.717, 1.165) is 22.0 Å². The first-order valence-electron chi connectivity index (χ1n) is 7.86. The van der Waals surface area contributed by atoms with Crippen LogP contribution in [-0.4, -0.2) is 22.8 Å². The summed E-state index contributed by atoms with van der Waals surface area (Å²) in [6.07, 6.45) is 0.772. The van der Waals surface area contributed by atoms with E-state index in [4.69, 9.17) is 4.74 Å². The van der Waals surface area contributed by atoms with Crippen LogP contribution in [0.2, 0.25) is 0 Å². The first kappa shape index (κ1) is 16.0. The lowest BCUT2D eigenvalue weighted by atomic mass is 9.99. The first-order valence-corrected chi connectivity index (χ1v) is 7.86. The number of hydrogen-bond donors (Lipinski definition) is 1. The Kier molecular flexibility index (Phi) is 4.21. The summed E-state index contributed by atoms with van der Waals surface area (Å²) in [4.78, 5) is 28.1. The molecular weight excluding hydrogens is 302 g/mol. The lowest BCUT2D eigenvalue weighted by Gasteiger charge is -2.14. The Morgan fingerprint density at radius 3 is 2.58 bits per heavy atom. The van der Waals surface area contributed by atoms with Crippen molar-refractivity contribution >= 4 is 22.7 Å². The zero-order valence-electron chi connectivity index (χ0n) is 13.9. The smallest absolute Gasteiger partial charge is 0.341 e. The molecule has 4 heteroatoms. The average Bonchev–Trinajstić information content (AvgIpc) is 3.00. The van der Waals surface area contributed by atoms with Gasteiger partial charge in [-0.15, -0.1) is 0 Å². The van der Waals surface area contributed by atoms with Crippen LogP contribution >= 0.6 is 0 Å². The van der Waals surface area contributed by atoms with Gasteiger partial charge in [0.2, 0.25) is 5.78 Å². The number of fused-ring (bicyclic) bond motifs is 1. The van der Waals surface area contributed by atoms with Gasteiger partial charge in [0, 0.05) is 22.7 Å². The van der Waals surface area contributed by atoms with Gasteiger partial charge in [-0.2, -0.15) is 0 Å². The first-order chi connectivity index (χ1) is 11.5. The molecule has 1 N–H and O–H groups in total. The number of esters is 1. The van der Waals surface area contributed by atoms with E-state index in [9.17, 15) is 9.59 Å². The molecule has 122 valence electrons. The number of ketones is 1. The molecule has 0 aliphatic rings. The van der Waals surface area contributed by atoms with Crippen LogP contribution in [0, 0.1) is 13.8 Å². The van der Waals surface area contributed by atoms with Crippen molar-refractivity contribution in [1.82, 2.24) is 4.98 Å². The normalized spacial score (nSPS) is 12.1. The van der Waals surface area contributed by atoms with Crippen molar-refractivity contribution in [2.75, 3.05) is 0 Å². The molecule has 0 bridgehead atoms. The van der Waals surface area contributed by atoms with E-state index in [1.807, 2.05) is 56.3 Å². The summed E-state index contributed by atoms with van der Waals surface area (Å²) in [6, 6.07) is 13.2. The van der Waals surface area contributed by atoms with Gasteiger partial charge in [-0.05, 0) is 38.5 Å². The molecule has 3 aromatic rings. The molecule has 0 saturated carbocycles. The quantitative estimate of drug-likeness (QED) is 0.578. The predicted molar refractivity (Wildman–Crippen MR) is 93.4 cm³/mol. The number of hydrogen-bond acceptors (Lipinski definition) is 3. The van der Waals surface area contributed by atoms with Gasteiger partial charge < -0.3 is 9.72 Å². The fraction of sp³-hybridized carbons (Fsp3) is 0.200. The van der Waals surface area contributed by atoms with Crippen LogP contribution < -0.4 is 0 Å². The minimum absolute atomic E-state index is 0.190. The average molecular weight is 321 g/mol. The summed E-state index contributed by atoms with van der Waals surface area (Å²) < 4.78 is 5.41. The van der Waals surface area contributed by atoms with Crippen LogP contribution in [0.5, 0.6) is 0 Å². The molecule has 24 heavy (non-hydrogen) atoms. The van der Waals surface area contributed by atoms with Crippen LogP contribution in [0.25, 0.3) is 10.9 Å². The number of carbonyl (C=O) groups excluding carboxylic acids is 2. The lowest BCUT2D eigenvalue weighted by Crippen LogP contribution is -2.25. The second-order valence-corrected chi connectivity index (χ2v) is 5.98. The molecule has 4 nitrogen and oxygen atoms in total. The van der Waals surface area contributed by atoms with Crippen molar-refractivity contribution in [3.05, 3.63) is 70.9 Å². The molecule has 1 atom stereocenters. The number of aromatic nitrogens is 1. The zero-order valence-corrected chi connectivity index (χ0v) is 13.9. The number of carbonyl (C=O) groups is 2. The number of benzene rings is 2. The van der Waals surface area contributed by atoms with Crippen LogP contribution in [0.3, 0.4) is 0 Å². The number of aromatic amines is 1. The molecule has 0 unspecified atom stereocenters. The molecule has 3 rings (SSSR count). The van der Waals surface area contributed by atoms with Crippen LogP contribution in [0.15, 0.2) is 48.7 Å². The maximum absolute atomic E-state index is 12.6. The molecule has 0 fully saturated rings. The van der Waals surface area contributed by atoms with Gasteiger partial charge in [0.05, 0.1) is 5.56 Å². The third-order valence-electron chi connectivity index (χ3n) is 4.12. The SMILES string of the molecule is Cc1ccc(C)c(C(=O)[C@@H](C)OC(=O)c2c[nH]c3ccccc23)c1. The molecule has 1 heterocycles. The highest BCUT2D eigenvalue weighted by Crippen LogP contribution is 2.20. The molecular formula is C20H19NO3. The summed E-state index contributed by atoms with van der Waals surface area (Å²) in [5.41, 5.74) is 3.76. The van der Waals surface area contributed by atoms with Gasteiger partial charge in [0.15, 0.2) is 6.10 Å². The summed E-state index contributed by atoms with van der Waals surface area (Å²) in [5, 5.41) is 0.786. The number of rotatable bonds is 4. The predicted octanol–water partition coefficient (Wildman–Crippen LogP) is 4.21. The lowest BCUT2D eigenvalue weighted by molar-refractivity contribution is 0.0320. The van der Waals surface area contributed by atoms with Crippen molar-refractivity contribution < 1.29 is 14.3 Å². The highest BCUT2D eigenvalue weighted by molar-refractivity contribution is 6.06. The molecule has 2 aromatic carbocycles. The minimum atomic E-state index is -0.841. The molecule has 0 aliphatic heterocycles. The fourth-order valence-corrected chi connectivity index (χ4v) is 2.74. The zero-order chi connectivity index (χ0) is 17.3. The Labute approximate surface area is 140 Å². The largest absolute Gasteiger partial charge is 0.451 e. The maximum Gasteiger partial charge on any atom is 0.341 e. The van der Waals surface area contributed by atoms with E-state index in [0.29, 0.717) is 11.1 Å². The van der Waals surface area contributed by atoms with Gasteiger partial charge in [0.25, 0.3) is 0 Å². The molecule has 0 radical (unpaired) electrons. The molecule has 0 amide bonds. The number of H-pyrrole nitrogens is 1. The third kappa shape index (κ3) is 2.95. The third-order valence-corrected chi connectivity index (χ3v) is 4.12. The monoisotopic (exact) mass is 321 g/mol. The van der Waals surface area contributed by atoms with Crippen molar-refractivity contribution in [2.24, 2.45) is 0 Å². The Morgan fingerprint density at radius 1 is 1.04 bits per heavy atom. The topological polar surface area (TPSA) is 59.2 Å². The van der Waals surface area contributed by atoms with E-state index in [1.54, 1.807) is 13.1 Å². The van der Waals surface area contributed by atoms with Gasteiger partial charge in [-0.25, -0.2) is 4.79 Å². The highest BCUT2D eigenvalue weighted by Gasteiger charge is 2.23. The number of aryl methyl sites for hydroxylation is 2. The Hall–Kier alpha value is -2.88. The Morgan fingerprint density at radius 2 is 1.79 bits per heavy atom. The Bertz CT molecular complexity index is 924. The summed E-state index contributed by atoms with van der Waals surface area (Å²) in [5.74, 6) is -0.692. The fourth-order valence-electron chi connectivity index (χ4n) is 2.74. The Balaban J connectivity index is 1.81. The van der Waals surface area contributed by atoms with E-state index < -0.39 is 12.1 Å². The number of nitrogens with one attached hydrogen (secondary N) is 1. The van der Waals surface area contributed by atoms with E-state index >= 15 is 0 Å². The molecule has 0 saturated heterocycles. The van der Waals surface area contributed by atoms with Gasteiger partial charge in [-0.3, -0.25) is 4.79 Å².